The average molecular weight is 157 g/mol. The molecule has 0 radical (unpaired) electrons. The first-order chi connectivity index (χ1) is 5.27. The highest BCUT2D eigenvalue weighted by Crippen LogP contribution is 1.97. The molecule has 0 aromatic carbocycles. The number of carbonyl (C=O) groups excluding carboxylic acids is 1. The third kappa shape index (κ3) is 9.49. The van der Waals surface area contributed by atoms with Crippen LogP contribution in [0.1, 0.15) is 25.7 Å². The van der Waals surface area contributed by atoms with Gasteiger partial charge >= 0.3 is 0 Å². The van der Waals surface area contributed by atoms with Crippen molar-refractivity contribution in [1.82, 2.24) is 5.32 Å². The van der Waals surface area contributed by atoms with Crippen molar-refractivity contribution in [2.45, 2.75) is 25.7 Å². The van der Waals surface area contributed by atoms with Gasteiger partial charge in [0.15, 0.2) is 5.81 Å². The Labute approximate surface area is 68.6 Å². The highest BCUT2D eigenvalue weighted by atomic mass is 16.2. The van der Waals surface area contributed by atoms with Crippen molar-refractivity contribution >= 4 is 13.7 Å². The number of carbonyl (C=O) groups is 1. The molecule has 0 rings (SSSR count). The quantitative estimate of drug-likeness (QED) is 0.417. The molecule has 0 aromatic heterocycles. The van der Waals surface area contributed by atoms with Gasteiger partial charge in [-0.25, -0.2) is 0 Å². The molecule has 4 heteroatoms. The van der Waals surface area contributed by atoms with E-state index in [1.807, 2.05) is 0 Å². The van der Waals surface area contributed by atoms with Crippen LogP contribution >= 0.6 is 0 Å². The Morgan fingerprint density at radius 1 is 1.27 bits per heavy atom. The van der Waals surface area contributed by atoms with Crippen LogP contribution in [0.4, 0.5) is 4.79 Å². The van der Waals surface area contributed by atoms with E-state index < -0.39 is 0 Å². The molecule has 0 bridgehead atoms. The van der Waals surface area contributed by atoms with Gasteiger partial charge < -0.3 is 10.4 Å². The monoisotopic (exact) mass is 157 g/mol. The van der Waals surface area contributed by atoms with Gasteiger partial charge in [-0.1, -0.05) is 12.8 Å². The first-order valence-electron chi connectivity index (χ1n) is 4.12. The Hall–Kier alpha value is -0.505. The third-order valence-corrected chi connectivity index (χ3v) is 1.46. The van der Waals surface area contributed by atoms with Gasteiger partial charge in [0, 0.05) is 13.2 Å². The molecule has 1 amide bonds. The van der Waals surface area contributed by atoms with Gasteiger partial charge in [-0.3, -0.25) is 4.79 Å². The maximum absolute atomic E-state index is 10.4. The minimum atomic E-state index is 0.0344. The first-order valence-corrected chi connectivity index (χ1v) is 4.12. The Morgan fingerprint density at radius 3 is 2.45 bits per heavy atom. The summed E-state index contributed by atoms with van der Waals surface area (Å²) in [5.41, 5.74) is 0. The van der Waals surface area contributed by atoms with Crippen molar-refractivity contribution in [1.29, 1.82) is 0 Å². The first kappa shape index (κ1) is 10.5. The SMILES string of the molecule is BC(=O)NCCCCCCO. The van der Waals surface area contributed by atoms with Crippen LogP contribution in [0.25, 0.3) is 0 Å². The zero-order valence-electron chi connectivity index (χ0n) is 7.10. The summed E-state index contributed by atoms with van der Waals surface area (Å²) in [5, 5.41) is 11.2. The molecule has 3 nitrogen and oxygen atoms in total. The second-order valence-corrected chi connectivity index (χ2v) is 2.62. The molecule has 0 fully saturated rings. The van der Waals surface area contributed by atoms with Crippen LogP contribution in [-0.2, 0) is 0 Å². The van der Waals surface area contributed by atoms with E-state index in [4.69, 9.17) is 5.11 Å². The summed E-state index contributed by atoms with van der Waals surface area (Å²) in [4.78, 5) is 10.4. The lowest BCUT2D eigenvalue weighted by atomic mass is 10.1. The minimum Gasteiger partial charge on any atom is -0.396 e. The van der Waals surface area contributed by atoms with Crippen LogP contribution in [-0.4, -0.2) is 31.9 Å². The topological polar surface area (TPSA) is 49.3 Å². The second kappa shape index (κ2) is 7.60. The molecule has 0 aliphatic carbocycles. The van der Waals surface area contributed by atoms with E-state index in [0.29, 0.717) is 0 Å². The van der Waals surface area contributed by atoms with Crippen LogP contribution in [0, 0.1) is 0 Å². The molecule has 0 aliphatic rings. The lowest BCUT2D eigenvalue weighted by Gasteiger charge is -2.00. The van der Waals surface area contributed by atoms with Crippen molar-refractivity contribution in [3.05, 3.63) is 0 Å². The van der Waals surface area contributed by atoms with Gasteiger partial charge in [0.25, 0.3) is 0 Å². The summed E-state index contributed by atoms with van der Waals surface area (Å²) in [6.07, 6.45) is 4.02. The average Bonchev–Trinajstić information content (AvgIpc) is 1.96. The van der Waals surface area contributed by atoms with Crippen molar-refractivity contribution in [2.75, 3.05) is 13.2 Å². The summed E-state index contributed by atoms with van der Waals surface area (Å²) in [5.74, 6) is 0.0344. The van der Waals surface area contributed by atoms with Gasteiger partial charge in [0.2, 0.25) is 7.85 Å². The van der Waals surface area contributed by atoms with Crippen molar-refractivity contribution in [3.8, 4) is 0 Å². The van der Waals surface area contributed by atoms with Gasteiger partial charge in [-0.05, 0) is 12.8 Å². The largest absolute Gasteiger partial charge is 0.396 e. The van der Waals surface area contributed by atoms with E-state index in [1.165, 1.54) is 7.85 Å². The minimum absolute atomic E-state index is 0.0344. The standard InChI is InChI=1S/C7H16BNO2/c8-7(11)9-5-3-1-2-4-6-10/h10H,1-6,8H2,(H,9,11). The molecule has 0 unspecified atom stereocenters. The molecule has 0 aliphatic heterocycles. The molecule has 0 heterocycles. The van der Waals surface area contributed by atoms with Gasteiger partial charge in [-0.15, -0.1) is 0 Å². The van der Waals surface area contributed by atoms with E-state index in [2.05, 4.69) is 5.32 Å². The fraction of sp³-hybridized carbons (Fsp3) is 0.857. The molecular formula is C7H16BNO2. The predicted octanol–water partition coefficient (Wildman–Crippen LogP) is -0.118. The normalized spacial score (nSPS) is 9.55. The van der Waals surface area contributed by atoms with Gasteiger partial charge in [0.1, 0.15) is 0 Å². The fourth-order valence-corrected chi connectivity index (χ4v) is 0.855. The summed E-state index contributed by atoms with van der Waals surface area (Å²) < 4.78 is 0. The van der Waals surface area contributed by atoms with E-state index in [-0.39, 0.29) is 12.4 Å². The fourth-order valence-electron chi connectivity index (χ4n) is 0.855. The molecule has 64 valence electrons. The zero-order chi connectivity index (χ0) is 8.53. The Bertz CT molecular complexity index is 109. The number of aliphatic hydroxyl groups excluding tert-OH is 1. The zero-order valence-corrected chi connectivity index (χ0v) is 7.10. The number of amides is 1. The van der Waals surface area contributed by atoms with E-state index in [0.717, 1.165) is 32.2 Å². The van der Waals surface area contributed by atoms with Crippen LogP contribution in [0.2, 0.25) is 0 Å². The highest BCUT2D eigenvalue weighted by Gasteiger charge is 1.90. The van der Waals surface area contributed by atoms with Crippen molar-refractivity contribution in [3.63, 3.8) is 0 Å². The summed E-state index contributed by atoms with van der Waals surface area (Å²) in [6.45, 7) is 1.04. The number of aliphatic hydroxyl groups is 1. The van der Waals surface area contributed by atoms with Crippen LogP contribution in [0.15, 0.2) is 0 Å². The maximum atomic E-state index is 10.4. The summed E-state index contributed by atoms with van der Waals surface area (Å²) in [7, 11) is 1.52. The number of hydrogen-bond donors (Lipinski definition) is 2. The summed E-state index contributed by atoms with van der Waals surface area (Å²) >= 11 is 0. The Kier molecular flexibility index (Phi) is 7.25. The Morgan fingerprint density at radius 2 is 1.91 bits per heavy atom. The van der Waals surface area contributed by atoms with E-state index >= 15 is 0 Å². The Balaban J connectivity index is 2.85. The molecule has 0 atom stereocenters. The van der Waals surface area contributed by atoms with Crippen LogP contribution in [0.5, 0.6) is 0 Å². The van der Waals surface area contributed by atoms with Gasteiger partial charge in [-0.2, -0.15) is 0 Å². The van der Waals surface area contributed by atoms with Crippen LogP contribution in [0.3, 0.4) is 0 Å². The maximum Gasteiger partial charge on any atom is 0.215 e. The van der Waals surface area contributed by atoms with E-state index in [9.17, 15) is 4.79 Å². The highest BCUT2D eigenvalue weighted by molar-refractivity contribution is 6.57. The predicted molar refractivity (Wildman–Crippen MR) is 47.5 cm³/mol. The summed E-state index contributed by atoms with van der Waals surface area (Å²) in [6, 6.07) is 0. The number of nitrogens with one attached hydrogen (secondary N) is 1. The van der Waals surface area contributed by atoms with Crippen molar-refractivity contribution in [2.24, 2.45) is 0 Å². The molecule has 11 heavy (non-hydrogen) atoms. The number of unbranched alkanes of at least 4 members (excludes halogenated alkanes) is 3. The van der Waals surface area contributed by atoms with Crippen molar-refractivity contribution < 1.29 is 9.90 Å². The van der Waals surface area contributed by atoms with E-state index in [1.54, 1.807) is 0 Å². The molecule has 0 spiro atoms. The second-order valence-electron chi connectivity index (χ2n) is 2.62. The lowest BCUT2D eigenvalue weighted by molar-refractivity contribution is 0.259. The van der Waals surface area contributed by atoms with Crippen LogP contribution < -0.4 is 5.32 Å². The molecular weight excluding hydrogens is 141 g/mol. The molecule has 0 saturated heterocycles. The van der Waals surface area contributed by atoms with Gasteiger partial charge in [0.05, 0.1) is 0 Å². The molecule has 0 saturated carbocycles. The number of rotatable bonds is 6. The smallest absolute Gasteiger partial charge is 0.215 e. The third-order valence-electron chi connectivity index (χ3n) is 1.46. The molecule has 2 N–H and O–H groups in total. The number of hydrogen-bond acceptors (Lipinski definition) is 2. The molecule has 0 aromatic rings. The lowest BCUT2D eigenvalue weighted by Crippen LogP contribution is -2.22.